The van der Waals surface area contributed by atoms with Gasteiger partial charge in [0.05, 0.1) is 30.5 Å². The highest BCUT2D eigenvalue weighted by Gasteiger charge is 2.31. The normalized spacial score (nSPS) is 16.2. The van der Waals surface area contributed by atoms with Crippen LogP contribution in [0.3, 0.4) is 0 Å². The molecule has 2 aromatic carbocycles. The van der Waals surface area contributed by atoms with Crippen LogP contribution < -0.4 is 10.9 Å². The zero-order valence-corrected chi connectivity index (χ0v) is 22.8. The lowest BCUT2D eigenvalue weighted by Crippen LogP contribution is -2.33. The molecule has 210 valence electrons. The number of aromatic nitrogens is 1. The van der Waals surface area contributed by atoms with Crippen LogP contribution in [-0.2, 0) is 30.8 Å². The van der Waals surface area contributed by atoms with Gasteiger partial charge in [-0.25, -0.2) is 9.18 Å². The van der Waals surface area contributed by atoms with Gasteiger partial charge in [0.25, 0.3) is 15.6 Å². The number of nitrogens with zero attached hydrogens (tertiary/aromatic N) is 2. The predicted octanol–water partition coefficient (Wildman–Crippen LogP) is 4.15. The number of rotatable bonds is 9. The predicted molar refractivity (Wildman–Crippen MR) is 147 cm³/mol. The molecular formula is C28H28FN3O7S. The number of sulfonamides is 1. The van der Waals surface area contributed by atoms with Gasteiger partial charge >= 0.3 is 5.97 Å². The van der Waals surface area contributed by atoms with Gasteiger partial charge in [-0.15, -0.1) is 4.40 Å². The fraction of sp³-hybridized carbons (Fsp3) is 0.321. The number of hydrogen-bond donors (Lipinski definition) is 2. The maximum absolute atomic E-state index is 14.2. The second-order valence-electron chi connectivity index (χ2n) is 9.52. The summed E-state index contributed by atoms with van der Waals surface area (Å²) < 4.78 is 56.5. The molecule has 0 spiro atoms. The summed E-state index contributed by atoms with van der Waals surface area (Å²) in [5.74, 6) is -1.61. The Morgan fingerprint density at radius 1 is 1.18 bits per heavy atom. The number of pyridine rings is 1. The Kier molecular flexibility index (Phi) is 7.37. The van der Waals surface area contributed by atoms with Gasteiger partial charge in [0.1, 0.15) is 27.8 Å². The van der Waals surface area contributed by atoms with Crippen molar-refractivity contribution in [3.05, 3.63) is 69.8 Å². The summed E-state index contributed by atoms with van der Waals surface area (Å²) >= 11 is 0. The molecule has 1 aliphatic heterocycles. The van der Waals surface area contributed by atoms with Crippen molar-refractivity contribution in [2.45, 2.75) is 44.6 Å². The van der Waals surface area contributed by atoms with E-state index in [-0.39, 0.29) is 46.3 Å². The highest BCUT2D eigenvalue weighted by atomic mass is 32.2. The number of fused-ring (bicyclic) bond motifs is 2. The zero-order chi connectivity index (χ0) is 28.6. The number of ether oxygens (including phenoxy) is 2. The largest absolute Gasteiger partial charge is 0.506 e. The summed E-state index contributed by atoms with van der Waals surface area (Å²) in [6, 6.07) is 8.00. The maximum atomic E-state index is 14.2. The fourth-order valence-electron chi connectivity index (χ4n) is 4.64. The Hall–Kier alpha value is -4.19. The molecule has 0 unspecified atom stereocenters. The van der Waals surface area contributed by atoms with E-state index < -0.39 is 33.1 Å². The van der Waals surface area contributed by atoms with E-state index in [0.29, 0.717) is 23.5 Å². The lowest BCUT2D eigenvalue weighted by atomic mass is 10.1. The van der Waals surface area contributed by atoms with E-state index in [4.69, 9.17) is 9.47 Å². The molecule has 0 atom stereocenters. The lowest BCUT2D eigenvalue weighted by Gasteiger charge is -2.21. The first-order valence-electron chi connectivity index (χ1n) is 13.0. The van der Waals surface area contributed by atoms with Crippen molar-refractivity contribution in [1.82, 2.24) is 4.57 Å². The van der Waals surface area contributed by atoms with Crippen LogP contribution in [0.1, 0.15) is 44.2 Å². The van der Waals surface area contributed by atoms with Crippen LogP contribution >= 0.6 is 0 Å². The first kappa shape index (κ1) is 27.4. The Labute approximate surface area is 229 Å². The molecule has 0 saturated heterocycles. The van der Waals surface area contributed by atoms with Crippen LogP contribution in [0.5, 0.6) is 5.75 Å². The van der Waals surface area contributed by atoms with Gasteiger partial charge in [-0.3, -0.25) is 4.79 Å². The first-order chi connectivity index (χ1) is 19.1. The molecule has 1 aliphatic carbocycles. The van der Waals surface area contributed by atoms with Crippen molar-refractivity contribution in [2.24, 2.45) is 10.3 Å². The zero-order valence-electron chi connectivity index (χ0n) is 21.9. The quantitative estimate of drug-likeness (QED) is 0.223. The van der Waals surface area contributed by atoms with Gasteiger partial charge < -0.3 is 24.5 Å². The third kappa shape index (κ3) is 5.31. The number of amidine groups is 1. The number of benzene rings is 2. The highest BCUT2D eigenvalue weighted by Crippen LogP contribution is 2.36. The van der Waals surface area contributed by atoms with Crippen molar-refractivity contribution >= 4 is 44.2 Å². The molecule has 5 rings (SSSR count). The van der Waals surface area contributed by atoms with Crippen LogP contribution in [0.2, 0.25) is 0 Å². The molecule has 1 fully saturated rings. The molecule has 2 aliphatic rings. The Morgan fingerprint density at radius 3 is 2.62 bits per heavy atom. The minimum absolute atomic E-state index is 0.0684. The number of carbonyl (C=O) groups excluding carboxylic acids is 1. The summed E-state index contributed by atoms with van der Waals surface area (Å²) in [5.41, 5.74) is -0.277. The topological polar surface area (TPSA) is 136 Å². The second kappa shape index (κ2) is 10.8. The van der Waals surface area contributed by atoms with Gasteiger partial charge in [0.15, 0.2) is 5.84 Å². The van der Waals surface area contributed by atoms with Crippen molar-refractivity contribution in [3.8, 4) is 5.75 Å². The van der Waals surface area contributed by atoms with E-state index >= 15 is 0 Å². The van der Waals surface area contributed by atoms with Gasteiger partial charge in [-0.2, -0.15) is 8.42 Å². The van der Waals surface area contributed by atoms with Gasteiger partial charge in [-0.1, -0.05) is 12.8 Å². The van der Waals surface area contributed by atoms with E-state index in [9.17, 15) is 27.5 Å². The van der Waals surface area contributed by atoms with Gasteiger partial charge in [-0.05, 0) is 62.6 Å². The molecule has 0 bridgehead atoms. The molecule has 1 saturated carbocycles. The van der Waals surface area contributed by atoms with Gasteiger partial charge in [0.2, 0.25) is 0 Å². The van der Waals surface area contributed by atoms with Crippen molar-refractivity contribution in [2.75, 3.05) is 18.5 Å². The average Bonchev–Trinajstić information content (AvgIpc) is 3.73. The number of esters is 1. The van der Waals surface area contributed by atoms with Crippen LogP contribution in [0.25, 0.3) is 16.7 Å². The third-order valence-corrected chi connectivity index (χ3v) is 8.06. The molecular weight excluding hydrogens is 541 g/mol. The molecule has 0 radical (unpaired) electrons. The first-order valence-corrected chi connectivity index (χ1v) is 14.4. The summed E-state index contributed by atoms with van der Waals surface area (Å²) in [5, 5.41) is 14.0. The van der Waals surface area contributed by atoms with Crippen molar-refractivity contribution in [3.63, 3.8) is 0 Å². The third-order valence-electron chi connectivity index (χ3n) is 6.74. The molecule has 12 heteroatoms. The van der Waals surface area contributed by atoms with Crippen LogP contribution in [-0.4, -0.2) is 43.1 Å². The Bertz CT molecular complexity index is 1740. The van der Waals surface area contributed by atoms with E-state index in [0.717, 1.165) is 31.4 Å². The molecule has 3 aromatic rings. The Morgan fingerprint density at radius 2 is 1.93 bits per heavy atom. The molecule has 0 amide bonds. The lowest BCUT2D eigenvalue weighted by molar-refractivity contribution is -0.137. The smallest absolute Gasteiger partial charge is 0.334 e. The number of aryl methyl sites for hydroxylation is 1. The number of aromatic hydroxyl groups is 1. The summed E-state index contributed by atoms with van der Waals surface area (Å²) in [6.45, 7) is 4.07. The number of carbonyl (C=O) groups is 1. The molecule has 2 heterocycles. The van der Waals surface area contributed by atoms with Crippen LogP contribution in [0.4, 0.5) is 10.1 Å². The van der Waals surface area contributed by atoms with Crippen LogP contribution in [0, 0.1) is 11.7 Å². The summed E-state index contributed by atoms with van der Waals surface area (Å²) in [6.07, 6.45) is 3.99. The number of hydrogen-bond acceptors (Lipinski definition) is 8. The summed E-state index contributed by atoms with van der Waals surface area (Å²) in [4.78, 5) is 25.4. The molecule has 10 nitrogen and oxygen atoms in total. The van der Waals surface area contributed by atoms with E-state index in [2.05, 4.69) is 9.71 Å². The minimum atomic E-state index is -4.38. The number of anilines is 1. The van der Waals surface area contributed by atoms with E-state index in [1.54, 1.807) is 13.8 Å². The highest BCUT2D eigenvalue weighted by molar-refractivity contribution is 7.90. The average molecular weight is 570 g/mol. The van der Waals surface area contributed by atoms with E-state index in [1.165, 1.54) is 34.9 Å². The molecule has 40 heavy (non-hydrogen) atoms. The second-order valence-corrected chi connectivity index (χ2v) is 11.1. The van der Waals surface area contributed by atoms with Crippen molar-refractivity contribution < 1.29 is 32.2 Å². The van der Waals surface area contributed by atoms with Gasteiger partial charge in [0, 0.05) is 17.5 Å². The minimum Gasteiger partial charge on any atom is -0.506 e. The number of nitrogens with one attached hydrogen (secondary N) is 1. The van der Waals surface area contributed by atoms with Crippen LogP contribution in [0.15, 0.2) is 56.6 Å². The monoisotopic (exact) mass is 569 g/mol. The molecule has 1 aromatic heterocycles. The Balaban J connectivity index is 1.61. The summed E-state index contributed by atoms with van der Waals surface area (Å²) in [7, 11) is -4.38. The van der Waals surface area contributed by atoms with E-state index in [1.807, 2.05) is 0 Å². The number of halogens is 1. The fourth-order valence-corrected chi connectivity index (χ4v) is 5.79. The maximum Gasteiger partial charge on any atom is 0.334 e. The SMILES string of the molecule is CCOC(=O)C=C(OCC)c1ccc2c(c1)S(=O)(=O)N=C(c1c(O)c3cc(F)ccc3n(CCC3CC3)c1=O)N2. The molecule has 2 N–H and O–H groups in total. The standard InChI is InChI=1S/C28H28FN3O7S/c1-3-38-22(15-24(33)39-4-2)17-7-9-20-23(13-17)40(36,37)31-27(30-20)25-26(34)19-14-18(29)8-10-21(19)32(28(25)35)12-11-16-5-6-16/h7-10,13-16,34H,3-6,11-12H2,1-2H3,(H,30,31). The van der Waals surface area contributed by atoms with Crippen molar-refractivity contribution in [1.29, 1.82) is 0 Å².